The number of nitro groups is 1. The molecule has 1 aromatic rings. The van der Waals surface area contributed by atoms with Crippen LogP contribution in [0.1, 0.15) is 12.0 Å². The third kappa shape index (κ3) is 3.16. The van der Waals surface area contributed by atoms with Gasteiger partial charge in [-0.25, -0.2) is 0 Å². The number of hydrogen-bond donors (Lipinski definition) is 0. The topological polar surface area (TPSA) is 72.7 Å². The van der Waals surface area contributed by atoms with Crippen molar-refractivity contribution in [2.24, 2.45) is 5.92 Å². The summed E-state index contributed by atoms with van der Waals surface area (Å²) in [5.74, 6) is -0.289. The van der Waals surface area contributed by atoms with Crippen LogP contribution in [0, 0.1) is 16.0 Å². The highest BCUT2D eigenvalue weighted by atomic mass is 79.9. The standard InChI is InChI=1S/C13H15BrN2O4/c1-20-13(17)10-5-6-15(8-10)7-9-3-2-4-11(12(9)14)16(18)19/h2-4,10H,5-8H2,1H3. The lowest BCUT2D eigenvalue weighted by Gasteiger charge is -2.16. The molecule has 1 heterocycles. The Labute approximate surface area is 125 Å². The minimum absolute atomic E-state index is 0.0613. The molecule has 20 heavy (non-hydrogen) atoms. The van der Waals surface area contributed by atoms with Crippen LogP contribution in [0.5, 0.6) is 0 Å². The molecule has 108 valence electrons. The van der Waals surface area contributed by atoms with E-state index in [1.807, 2.05) is 6.07 Å². The minimum Gasteiger partial charge on any atom is -0.469 e. The molecular weight excluding hydrogens is 328 g/mol. The van der Waals surface area contributed by atoms with Crippen molar-refractivity contribution in [3.05, 3.63) is 38.3 Å². The summed E-state index contributed by atoms with van der Waals surface area (Å²) in [5, 5.41) is 10.9. The number of methoxy groups -OCH3 is 1. The molecule has 0 bridgehead atoms. The summed E-state index contributed by atoms with van der Waals surface area (Å²) in [5.41, 5.74) is 0.913. The minimum atomic E-state index is -0.408. The third-order valence-corrected chi connectivity index (χ3v) is 4.37. The molecule has 0 saturated carbocycles. The highest BCUT2D eigenvalue weighted by molar-refractivity contribution is 9.10. The molecule has 1 atom stereocenters. The van der Waals surface area contributed by atoms with Crippen molar-refractivity contribution in [2.45, 2.75) is 13.0 Å². The van der Waals surface area contributed by atoms with E-state index in [9.17, 15) is 14.9 Å². The number of nitro benzene ring substituents is 1. The van der Waals surface area contributed by atoms with Gasteiger partial charge in [-0.1, -0.05) is 12.1 Å². The summed E-state index contributed by atoms with van der Waals surface area (Å²) < 4.78 is 5.25. The number of hydrogen-bond acceptors (Lipinski definition) is 5. The molecule has 1 aliphatic rings. The van der Waals surface area contributed by atoms with Crippen LogP contribution in [0.4, 0.5) is 5.69 Å². The maximum Gasteiger partial charge on any atom is 0.310 e. The van der Waals surface area contributed by atoms with Crippen LogP contribution in [0.2, 0.25) is 0 Å². The van der Waals surface area contributed by atoms with E-state index in [1.165, 1.54) is 13.2 Å². The van der Waals surface area contributed by atoms with E-state index in [4.69, 9.17) is 4.74 Å². The van der Waals surface area contributed by atoms with Crippen molar-refractivity contribution < 1.29 is 14.5 Å². The number of benzene rings is 1. The number of carbonyl (C=O) groups is 1. The zero-order chi connectivity index (χ0) is 14.7. The summed E-state index contributed by atoms with van der Waals surface area (Å²) in [4.78, 5) is 24.1. The number of ether oxygens (including phenoxy) is 1. The molecule has 7 heteroatoms. The van der Waals surface area contributed by atoms with Gasteiger partial charge in [0, 0.05) is 19.2 Å². The van der Waals surface area contributed by atoms with Crippen molar-refractivity contribution in [1.82, 2.24) is 4.90 Å². The Kier molecular flexibility index (Phi) is 4.72. The zero-order valence-corrected chi connectivity index (χ0v) is 12.6. The average molecular weight is 343 g/mol. The van der Waals surface area contributed by atoms with Crippen LogP contribution in [0.3, 0.4) is 0 Å². The first-order valence-corrected chi connectivity index (χ1v) is 7.04. The molecule has 1 unspecified atom stereocenters. The first-order valence-electron chi connectivity index (χ1n) is 6.25. The van der Waals surface area contributed by atoms with Crippen molar-refractivity contribution in [1.29, 1.82) is 0 Å². The van der Waals surface area contributed by atoms with Crippen molar-refractivity contribution in [3.8, 4) is 0 Å². The lowest BCUT2D eigenvalue weighted by molar-refractivity contribution is -0.385. The van der Waals surface area contributed by atoms with Crippen molar-refractivity contribution in [2.75, 3.05) is 20.2 Å². The Balaban J connectivity index is 2.07. The first-order chi connectivity index (χ1) is 9.52. The average Bonchev–Trinajstić information content (AvgIpc) is 2.88. The van der Waals surface area contributed by atoms with Gasteiger partial charge in [0.1, 0.15) is 0 Å². The van der Waals surface area contributed by atoms with E-state index < -0.39 is 4.92 Å². The molecule has 0 amide bonds. The second-order valence-corrected chi connectivity index (χ2v) is 5.54. The largest absolute Gasteiger partial charge is 0.469 e. The van der Waals surface area contributed by atoms with Crippen molar-refractivity contribution >= 4 is 27.6 Å². The molecule has 0 aliphatic carbocycles. The van der Waals surface area contributed by atoms with Gasteiger partial charge in [0.2, 0.25) is 0 Å². The van der Waals surface area contributed by atoms with Crippen LogP contribution in [0.25, 0.3) is 0 Å². The van der Waals surface area contributed by atoms with Crippen LogP contribution in [-0.2, 0) is 16.1 Å². The number of halogens is 1. The van der Waals surface area contributed by atoms with E-state index in [-0.39, 0.29) is 17.6 Å². The predicted octanol–water partition coefficient (Wildman–Crippen LogP) is 2.35. The molecule has 2 rings (SSSR count). The van der Waals surface area contributed by atoms with Crippen LogP contribution in [-0.4, -0.2) is 36.0 Å². The SMILES string of the molecule is COC(=O)C1CCN(Cc2cccc([N+](=O)[O-])c2Br)C1. The second-order valence-electron chi connectivity index (χ2n) is 4.75. The lowest BCUT2D eigenvalue weighted by atomic mass is 10.1. The highest BCUT2D eigenvalue weighted by Crippen LogP contribution is 2.30. The maximum absolute atomic E-state index is 11.5. The Morgan fingerprint density at radius 3 is 3.00 bits per heavy atom. The van der Waals surface area contributed by atoms with Gasteiger partial charge in [0.25, 0.3) is 5.69 Å². The van der Waals surface area contributed by atoms with Gasteiger partial charge >= 0.3 is 5.97 Å². The maximum atomic E-state index is 11.5. The summed E-state index contributed by atoms with van der Waals surface area (Å²) in [7, 11) is 1.39. The summed E-state index contributed by atoms with van der Waals surface area (Å²) >= 11 is 3.29. The van der Waals surface area contributed by atoms with Gasteiger partial charge in [-0.3, -0.25) is 19.8 Å². The van der Waals surface area contributed by atoms with E-state index >= 15 is 0 Å². The smallest absolute Gasteiger partial charge is 0.310 e. The number of esters is 1. The molecule has 0 spiro atoms. The van der Waals surface area contributed by atoms with E-state index in [0.717, 1.165) is 18.5 Å². The Hall–Kier alpha value is -1.47. The lowest BCUT2D eigenvalue weighted by Crippen LogP contribution is -2.23. The number of nitrogens with zero attached hydrogens (tertiary/aromatic N) is 2. The van der Waals surface area contributed by atoms with Crippen LogP contribution >= 0.6 is 15.9 Å². The molecular formula is C13H15BrN2O4. The number of carbonyl (C=O) groups excluding carboxylic acids is 1. The zero-order valence-electron chi connectivity index (χ0n) is 11.0. The molecule has 1 saturated heterocycles. The van der Waals surface area contributed by atoms with Gasteiger partial charge < -0.3 is 4.74 Å². The third-order valence-electron chi connectivity index (χ3n) is 3.46. The molecule has 6 nitrogen and oxygen atoms in total. The normalized spacial score (nSPS) is 19.0. The van der Waals surface area contributed by atoms with E-state index in [1.54, 1.807) is 6.07 Å². The molecule has 0 N–H and O–H groups in total. The Morgan fingerprint density at radius 1 is 1.60 bits per heavy atom. The fraction of sp³-hybridized carbons (Fsp3) is 0.462. The van der Waals surface area contributed by atoms with Gasteiger partial charge in [-0.05, 0) is 34.5 Å². The quantitative estimate of drug-likeness (QED) is 0.477. The summed E-state index contributed by atoms with van der Waals surface area (Å²) in [6.07, 6.45) is 0.763. The monoisotopic (exact) mass is 342 g/mol. The molecule has 0 radical (unpaired) electrons. The van der Waals surface area contributed by atoms with Gasteiger partial charge in [-0.2, -0.15) is 0 Å². The number of likely N-dealkylation sites (tertiary alicyclic amines) is 1. The Bertz CT molecular complexity index is 535. The highest BCUT2D eigenvalue weighted by Gasteiger charge is 2.29. The number of rotatable bonds is 4. The fourth-order valence-corrected chi connectivity index (χ4v) is 2.94. The summed E-state index contributed by atoms with van der Waals surface area (Å²) in [6, 6.07) is 4.99. The van der Waals surface area contributed by atoms with E-state index in [2.05, 4.69) is 20.8 Å². The van der Waals surface area contributed by atoms with Crippen LogP contribution < -0.4 is 0 Å². The van der Waals surface area contributed by atoms with Crippen molar-refractivity contribution in [3.63, 3.8) is 0 Å². The molecule has 1 aliphatic heterocycles. The fourth-order valence-electron chi connectivity index (χ4n) is 2.41. The molecule has 0 aromatic heterocycles. The van der Waals surface area contributed by atoms with Gasteiger partial charge in [0.05, 0.1) is 22.4 Å². The Morgan fingerprint density at radius 2 is 2.35 bits per heavy atom. The predicted molar refractivity (Wildman–Crippen MR) is 76.2 cm³/mol. The van der Waals surface area contributed by atoms with Gasteiger partial charge in [-0.15, -0.1) is 0 Å². The second kappa shape index (κ2) is 6.32. The van der Waals surface area contributed by atoms with E-state index in [0.29, 0.717) is 17.6 Å². The van der Waals surface area contributed by atoms with Crippen LogP contribution in [0.15, 0.2) is 22.7 Å². The van der Waals surface area contributed by atoms with Gasteiger partial charge in [0.15, 0.2) is 0 Å². The molecule has 1 fully saturated rings. The first kappa shape index (κ1) is 14.9. The molecule has 1 aromatic carbocycles. The summed E-state index contributed by atoms with van der Waals surface area (Å²) in [6.45, 7) is 1.99.